The zero-order chi connectivity index (χ0) is 13.5. The van der Waals surface area contributed by atoms with Crippen molar-refractivity contribution in [3.63, 3.8) is 0 Å². The third-order valence-electron chi connectivity index (χ3n) is 2.33. The molecule has 0 aliphatic heterocycles. The molecular formula is C12H14BrFN2O2. The monoisotopic (exact) mass is 316 g/mol. The van der Waals surface area contributed by atoms with Crippen molar-refractivity contribution >= 4 is 27.7 Å². The Kier molecular flexibility index (Phi) is 5.77. The van der Waals surface area contributed by atoms with Gasteiger partial charge in [0.2, 0.25) is 5.91 Å². The average Bonchev–Trinajstić information content (AvgIpc) is 2.31. The molecule has 0 bridgehead atoms. The normalized spacial score (nSPS) is 10.1. The SMILES string of the molecule is NC(=O)CCCCNC(=O)c1cccc(F)c1Br. The summed E-state index contributed by atoms with van der Waals surface area (Å²) < 4.78 is 13.3. The molecule has 98 valence electrons. The molecule has 1 rings (SSSR count). The smallest absolute Gasteiger partial charge is 0.252 e. The van der Waals surface area contributed by atoms with E-state index in [9.17, 15) is 14.0 Å². The highest BCUT2D eigenvalue weighted by Gasteiger charge is 2.12. The van der Waals surface area contributed by atoms with E-state index in [4.69, 9.17) is 5.73 Å². The Morgan fingerprint density at radius 2 is 2.06 bits per heavy atom. The maximum Gasteiger partial charge on any atom is 0.252 e. The van der Waals surface area contributed by atoms with Crippen LogP contribution in [0.1, 0.15) is 29.6 Å². The van der Waals surface area contributed by atoms with Gasteiger partial charge in [-0.25, -0.2) is 4.39 Å². The van der Waals surface area contributed by atoms with Crippen LogP contribution in [-0.4, -0.2) is 18.4 Å². The molecule has 0 saturated heterocycles. The van der Waals surface area contributed by atoms with Crippen LogP contribution in [0.25, 0.3) is 0 Å². The summed E-state index contributed by atoms with van der Waals surface area (Å²) in [5.74, 6) is -1.17. The van der Waals surface area contributed by atoms with Crippen LogP contribution in [0.2, 0.25) is 0 Å². The van der Waals surface area contributed by atoms with Gasteiger partial charge < -0.3 is 11.1 Å². The van der Waals surface area contributed by atoms with Crippen molar-refractivity contribution in [2.75, 3.05) is 6.54 Å². The summed E-state index contributed by atoms with van der Waals surface area (Å²) in [6.07, 6.45) is 1.58. The van der Waals surface area contributed by atoms with Gasteiger partial charge in [-0.3, -0.25) is 9.59 Å². The molecule has 0 heterocycles. The lowest BCUT2D eigenvalue weighted by Gasteiger charge is -2.06. The molecule has 0 spiro atoms. The second-order valence-electron chi connectivity index (χ2n) is 3.78. The lowest BCUT2D eigenvalue weighted by atomic mass is 10.2. The maximum atomic E-state index is 13.2. The maximum absolute atomic E-state index is 13.2. The van der Waals surface area contributed by atoms with Crippen molar-refractivity contribution in [1.29, 1.82) is 0 Å². The van der Waals surface area contributed by atoms with Crippen LogP contribution in [0.4, 0.5) is 4.39 Å². The van der Waals surface area contributed by atoms with Crippen LogP contribution < -0.4 is 11.1 Å². The standard InChI is InChI=1S/C12H14BrFN2O2/c13-11-8(4-3-5-9(11)14)12(18)16-7-2-1-6-10(15)17/h3-5H,1-2,6-7H2,(H2,15,17)(H,16,18). The Morgan fingerprint density at radius 3 is 2.72 bits per heavy atom. The number of unbranched alkanes of at least 4 members (excludes halogenated alkanes) is 1. The molecule has 2 amide bonds. The second kappa shape index (κ2) is 7.10. The van der Waals surface area contributed by atoms with E-state index < -0.39 is 5.82 Å². The van der Waals surface area contributed by atoms with E-state index in [1.807, 2.05) is 0 Å². The largest absolute Gasteiger partial charge is 0.370 e. The van der Waals surface area contributed by atoms with Gasteiger partial charge in [0, 0.05) is 13.0 Å². The van der Waals surface area contributed by atoms with E-state index in [2.05, 4.69) is 21.2 Å². The fourth-order valence-electron chi connectivity index (χ4n) is 1.40. The molecule has 3 N–H and O–H groups in total. The van der Waals surface area contributed by atoms with E-state index in [0.29, 0.717) is 25.8 Å². The number of carbonyl (C=O) groups is 2. The Bertz CT molecular complexity index is 452. The van der Waals surface area contributed by atoms with E-state index in [1.165, 1.54) is 18.2 Å². The van der Waals surface area contributed by atoms with Crippen LogP contribution in [0.3, 0.4) is 0 Å². The zero-order valence-electron chi connectivity index (χ0n) is 9.71. The number of benzene rings is 1. The average molecular weight is 317 g/mol. The molecule has 4 nitrogen and oxygen atoms in total. The van der Waals surface area contributed by atoms with E-state index in [-0.39, 0.29) is 21.9 Å². The molecule has 0 atom stereocenters. The van der Waals surface area contributed by atoms with Gasteiger partial charge in [-0.1, -0.05) is 6.07 Å². The summed E-state index contributed by atoms with van der Waals surface area (Å²) in [4.78, 5) is 22.2. The highest BCUT2D eigenvalue weighted by atomic mass is 79.9. The highest BCUT2D eigenvalue weighted by Crippen LogP contribution is 2.20. The number of nitrogens with two attached hydrogens (primary N) is 1. The number of halogens is 2. The Labute approximate surface area is 113 Å². The fourth-order valence-corrected chi connectivity index (χ4v) is 1.84. The zero-order valence-corrected chi connectivity index (χ0v) is 11.3. The molecule has 0 aliphatic rings. The molecule has 6 heteroatoms. The van der Waals surface area contributed by atoms with Gasteiger partial charge in [-0.2, -0.15) is 0 Å². The predicted octanol–water partition coefficient (Wildman–Crippen LogP) is 1.97. The summed E-state index contributed by atoms with van der Waals surface area (Å²) in [6, 6.07) is 4.28. The third-order valence-corrected chi connectivity index (χ3v) is 3.14. The lowest BCUT2D eigenvalue weighted by molar-refractivity contribution is -0.118. The van der Waals surface area contributed by atoms with Gasteiger partial charge in [0.1, 0.15) is 5.82 Å². The summed E-state index contributed by atoms with van der Waals surface area (Å²) in [6.45, 7) is 0.426. The van der Waals surface area contributed by atoms with Crippen molar-refractivity contribution in [2.45, 2.75) is 19.3 Å². The number of hydrogen-bond donors (Lipinski definition) is 2. The quantitative estimate of drug-likeness (QED) is 0.788. The molecule has 0 aromatic heterocycles. The molecule has 1 aromatic carbocycles. The molecule has 0 saturated carbocycles. The Hall–Kier alpha value is -1.43. The molecule has 18 heavy (non-hydrogen) atoms. The van der Waals surface area contributed by atoms with Gasteiger partial charge in [-0.15, -0.1) is 0 Å². The minimum atomic E-state index is -0.476. The van der Waals surface area contributed by atoms with Crippen LogP contribution in [0, 0.1) is 5.82 Å². The molecule has 0 fully saturated rings. The number of hydrogen-bond acceptors (Lipinski definition) is 2. The van der Waals surface area contributed by atoms with Crippen molar-refractivity contribution < 1.29 is 14.0 Å². The molecule has 0 unspecified atom stereocenters. The predicted molar refractivity (Wildman–Crippen MR) is 69.5 cm³/mol. The number of amides is 2. The summed E-state index contributed by atoms with van der Waals surface area (Å²) in [5.41, 5.74) is 5.24. The van der Waals surface area contributed by atoms with Crippen LogP contribution in [-0.2, 0) is 4.79 Å². The number of rotatable bonds is 6. The third kappa shape index (κ3) is 4.44. The van der Waals surface area contributed by atoms with E-state index in [0.717, 1.165) is 0 Å². The highest BCUT2D eigenvalue weighted by molar-refractivity contribution is 9.10. The van der Waals surface area contributed by atoms with Crippen LogP contribution >= 0.6 is 15.9 Å². The number of carbonyl (C=O) groups excluding carboxylic acids is 2. The van der Waals surface area contributed by atoms with Gasteiger partial charge in [0.15, 0.2) is 0 Å². The summed E-state index contributed by atoms with van der Waals surface area (Å²) in [7, 11) is 0. The molecular weight excluding hydrogens is 303 g/mol. The first-order valence-corrected chi connectivity index (χ1v) is 6.32. The second-order valence-corrected chi connectivity index (χ2v) is 4.57. The Balaban J connectivity index is 2.41. The first-order valence-electron chi connectivity index (χ1n) is 5.53. The van der Waals surface area contributed by atoms with Gasteiger partial charge in [0.25, 0.3) is 5.91 Å². The number of nitrogens with one attached hydrogen (secondary N) is 1. The minimum Gasteiger partial charge on any atom is -0.370 e. The van der Waals surface area contributed by atoms with Gasteiger partial charge in [-0.05, 0) is 40.9 Å². The van der Waals surface area contributed by atoms with Crippen molar-refractivity contribution in [2.24, 2.45) is 5.73 Å². The summed E-state index contributed by atoms with van der Waals surface area (Å²) >= 11 is 3.03. The topological polar surface area (TPSA) is 72.2 Å². The minimum absolute atomic E-state index is 0.152. The molecule has 1 aromatic rings. The Morgan fingerprint density at radius 1 is 1.33 bits per heavy atom. The van der Waals surface area contributed by atoms with E-state index >= 15 is 0 Å². The summed E-state index contributed by atoms with van der Waals surface area (Å²) in [5, 5.41) is 2.65. The number of primary amides is 1. The lowest BCUT2D eigenvalue weighted by Crippen LogP contribution is -2.25. The van der Waals surface area contributed by atoms with Crippen LogP contribution in [0.15, 0.2) is 22.7 Å². The van der Waals surface area contributed by atoms with Crippen molar-refractivity contribution in [3.05, 3.63) is 34.1 Å². The van der Waals surface area contributed by atoms with Gasteiger partial charge >= 0.3 is 0 Å². The van der Waals surface area contributed by atoms with Gasteiger partial charge in [0.05, 0.1) is 10.0 Å². The van der Waals surface area contributed by atoms with Crippen LogP contribution in [0.5, 0.6) is 0 Å². The molecule has 0 radical (unpaired) electrons. The van der Waals surface area contributed by atoms with E-state index in [1.54, 1.807) is 0 Å². The van der Waals surface area contributed by atoms with Crippen molar-refractivity contribution in [1.82, 2.24) is 5.32 Å². The first-order chi connectivity index (χ1) is 8.52. The molecule has 0 aliphatic carbocycles. The van der Waals surface area contributed by atoms with Crippen molar-refractivity contribution in [3.8, 4) is 0 Å². The fraction of sp³-hybridized carbons (Fsp3) is 0.333. The first kappa shape index (κ1) is 14.6.